The number of hydrogen-bond donors (Lipinski definition) is 1. The highest BCUT2D eigenvalue weighted by Crippen LogP contribution is 2.13. The highest BCUT2D eigenvalue weighted by atomic mass is 16.1. The zero-order valence-corrected chi connectivity index (χ0v) is 10.1. The fraction of sp³-hybridized carbons (Fsp3) is 0.917. The number of carbonyl (C=O) groups is 1. The maximum absolute atomic E-state index is 11.6. The first-order valence-electron chi connectivity index (χ1n) is 5.83. The summed E-state index contributed by atoms with van der Waals surface area (Å²) < 4.78 is 0. The maximum atomic E-state index is 11.6. The van der Waals surface area contributed by atoms with Crippen molar-refractivity contribution in [3.8, 4) is 0 Å². The van der Waals surface area contributed by atoms with E-state index in [0.717, 1.165) is 32.4 Å². The molecule has 14 heavy (non-hydrogen) atoms. The Morgan fingerprint density at radius 1 is 1.21 bits per heavy atom. The molecule has 0 aromatic heterocycles. The van der Waals surface area contributed by atoms with Crippen molar-refractivity contribution in [3.63, 3.8) is 0 Å². The zero-order chi connectivity index (χ0) is 11.0. The van der Waals surface area contributed by atoms with E-state index in [4.69, 9.17) is 0 Å². The third kappa shape index (κ3) is 6.14. The lowest BCUT2D eigenvalue weighted by molar-refractivity contribution is -0.123. The number of carbonyl (C=O) groups excluding carboxylic acids is 1. The van der Waals surface area contributed by atoms with Crippen molar-refractivity contribution in [2.24, 2.45) is 11.8 Å². The minimum absolute atomic E-state index is 0.223. The second kappa shape index (κ2) is 7.98. The highest BCUT2D eigenvalue weighted by molar-refractivity contribution is 5.80. The van der Waals surface area contributed by atoms with Crippen LogP contribution in [0.25, 0.3) is 0 Å². The first-order chi connectivity index (χ1) is 6.59. The van der Waals surface area contributed by atoms with Gasteiger partial charge in [0.05, 0.1) is 0 Å². The first kappa shape index (κ1) is 13.6. The molecule has 0 bridgehead atoms. The molecule has 1 N–H and O–H groups in total. The van der Waals surface area contributed by atoms with Gasteiger partial charge in [-0.05, 0) is 31.8 Å². The van der Waals surface area contributed by atoms with E-state index in [-0.39, 0.29) is 5.92 Å². The Bertz CT molecular complexity index is 154. The molecule has 0 saturated carbocycles. The van der Waals surface area contributed by atoms with E-state index < -0.39 is 0 Å². The third-order valence-corrected chi connectivity index (χ3v) is 2.71. The van der Waals surface area contributed by atoms with Gasteiger partial charge in [-0.1, -0.05) is 27.7 Å². The van der Waals surface area contributed by atoms with Gasteiger partial charge in [0.1, 0.15) is 5.78 Å². The minimum atomic E-state index is 0.223. The van der Waals surface area contributed by atoms with Gasteiger partial charge >= 0.3 is 0 Å². The minimum Gasteiger partial charge on any atom is -0.317 e. The van der Waals surface area contributed by atoms with Gasteiger partial charge in [0.25, 0.3) is 0 Å². The molecule has 0 spiro atoms. The van der Waals surface area contributed by atoms with Crippen molar-refractivity contribution < 1.29 is 4.79 Å². The standard InChI is InChI=1S/C12H25NO/c1-5-8-13-9-6-7-12(14)11(4)10(2)3/h10-11,13H,5-9H2,1-4H3. The van der Waals surface area contributed by atoms with Gasteiger partial charge < -0.3 is 5.32 Å². The van der Waals surface area contributed by atoms with Crippen molar-refractivity contribution in [2.75, 3.05) is 13.1 Å². The molecule has 0 rings (SSSR count). The number of ketones is 1. The average molecular weight is 199 g/mol. The average Bonchev–Trinajstić information content (AvgIpc) is 2.16. The van der Waals surface area contributed by atoms with Crippen LogP contribution in [-0.4, -0.2) is 18.9 Å². The van der Waals surface area contributed by atoms with Crippen LogP contribution in [0.5, 0.6) is 0 Å². The molecular formula is C12H25NO. The van der Waals surface area contributed by atoms with Gasteiger partial charge in [-0.15, -0.1) is 0 Å². The van der Waals surface area contributed by atoms with Crippen LogP contribution in [0.4, 0.5) is 0 Å². The number of rotatable bonds is 8. The lowest BCUT2D eigenvalue weighted by atomic mass is 9.91. The molecule has 0 aromatic rings. The maximum Gasteiger partial charge on any atom is 0.136 e. The fourth-order valence-corrected chi connectivity index (χ4v) is 1.29. The van der Waals surface area contributed by atoms with Crippen LogP contribution in [0, 0.1) is 11.8 Å². The lowest BCUT2D eigenvalue weighted by Gasteiger charge is -2.13. The summed E-state index contributed by atoms with van der Waals surface area (Å²) in [6.07, 6.45) is 2.88. The van der Waals surface area contributed by atoms with E-state index in [1.165, 1.54) is 0 Å². The Balaban J connectivity index is 3.44. The molecule has 0 aliphatic carbocycles. The molecule has 0 aromatic carbocycles. The van der Waals surface area contributed by atoms with Gasteiger partial charge in [-0.2, -0.15) is 0 Å². The third-order valence-electron chi connectivity index (χ3n) is 2.71. The molecule has 2 heteroatoms. The summed E-state index contributed by atoms with van der Waals surface area (Å²) in [7, 11) is 0. The van der Waals surface area contributed by atoms with Crippen LogP contribution >= 0.6 is 0 Å². The van der Waals surface area contributed by atoms with Crippen LogP contribution in [-0.2, 0) is 4.79 Å². The molecule has 1 unspecified atom stereocenters. The van der Waals surface area contributed by atoms with E-state index in [9.17, 15) is 4.79 Å². The van der Waals surface area contributed by atoms with E-state index in [1.807, 2.05) is 6.92 Å². The summed E-state index contributed by atoms with van der Waals surface area (Å²) in [6, 6.07) is 0. The second-order valence-corrected chi connectivity index (χ2v) is 4.35. The SMILES string of the molecule is CCCNCCCC(=O)C(C)C(C)C. The van der Waals surface area contributed by atoms with Gasteiger partial charge in [-0.3, -0.25) is 4.79 Å². The smallest absolute Gasteiger partial charge is 0.136 e. The van der Waals surface area contributed by atoms with Gasteiger partial charge in [0.2, 0.25) is 0 Å². The molecule has 2 nitrogen and oxygen atoms in total. The van der Waals surface area contributed by atoms with Crippen LogP contribution in [0.2, 0.25) is 0 Å². The molecule has 1 atom stereocenters. The fourth-order valence-electron chi connectivity index (χ4n) is 1.29. The molecular weight excluding hydrogens is 174 g/mol. The summed E-state index contributed by atoms with van der Waals surface area (Å²) in [6.45, 7) is 10.4. The Kier molecular flexibility index (Phi) is 7.77. The molecule has 84 valence electrons. The quantitative estimate of drug-likeness (QED) is 0.609. The first-order valence-corrected chi connectivity index (χ1v) is 5.83. The normalized spacial score (nSPS) is 13.2. The van der Waals surface area contributed by atoms with E-state index in [2.05, 4.69) is 26.1 Å². The number of hydrogen-bond acceptors (Lipinski definition) is 2. The van der Waals surface area contributed by atoms with Crippen molar-refractivity contribution in [2.45, 2.75) is 47.0 Å². The van der Waals surface area contributed by atoms with Crippen molar-refractivity contribution >= 4 is 5.78 Å². The van der Waals surface area contributed by atoms with Gasteiger partial charge in [0.15, 0.2) is 0 Å². The number of nitrogens with one attached hydrogen (secondary N) is 1. The molecule has 0 amide bonds. The van der Waals surface area contributed by atoms with Gasteiger partial charge in [0, 0.05) is 12.3 Å². The van der Waals surface area contributed by atoms with Crippen LogP contribution in [0.1, 0.15) is 47.0 Å². The Morgan fingerprint density at radius 3 is 2.36 bits per heavy atom. The summed E-state index contributed by atoms with van der Waals surface area (Å²) in [5.74, 6) is 1.12. The molecule has 0 aliphatic rings. The molecule has 0 fully saturated rings. The number of Topliss-reactive ketones (excluding diaryl/α,β-unsaturated/α-hetero) is 1. The molecule has 0 saturated heterocycles. The van der Waals surface area contributed by atoms with Crippen LogP contribution in [0.3, 0.4) is 0 Å². The van der Waals surface area contributed by atoms with Crippen LogP contribution in [0.15, 0.2) is 0 Å². The van der Waals surface area contributed by atoms with Crippen molar-refractivity contribution in [1.29, 1.82) is 0 Å². The summed E-state index contributed by atoms with van der Waals surface area (Å²) in [5.41, 5.74) is 0. The summed E-state index contributed by atoms with van der Waals surface area (Å²) in [5, 5.41) is 3.31. The van der Waals surface area contributed by atoms with Crippen molar-refractivity contribution in [1.82, 2.24) is 5.32 Å². The lowest BCUT2D eigenvalue weighted by Crippen LogP contribution is -2.20. The second-order valence-electron chi connectivity index (χ2n) is 4.35. The topological polar surface area (TPSA) is 29.1 Å². The van der Waals surface area contributed by atoms with E-state index >= 15 is 0 Å². The Hall–Kier alpha value is -0.370. The molecule has 0 radical (unpaired) electrons. The van der Waals surface area contributed by atoms with E-state index in [0.29, 0.717) is 11.7 Å². The van der Waals surface area contributed by atoms with Crippen molar-refractivity contribution in [3.05, 3.63) is 0 Å². The zero-order valence-electron chi connectivity index (χ0n) is 10.1. The summed E-state index contributed by atoms with van der Waals surface area (Å²) >= 11 is 0. The predicted octanol–water partition coefficient (Wildman–Crippen LogP) is 2.63. The van der Waals surface area contributed by atoms with E-state index in [1.54, 1.807) is 0 Å². The van der Waals surface area contributed by atoms with Crippen LogP contribution < -0.4 is 5.32 Å². The Labute approximate surface area is 88.5 Å². The monoisotopic (exact) mass is 199 g/mol. The Morgan fingerprint density at radius 2 is 1.86 bits per heavy atom. The largest absolute Gasteiger partial charge is 0.317 e. The predicted molar refractivity (Wildman–Crippen MR) is 61.4 cm³/mol. The molecule has 0 aliphatic heterocycles. The van der Waals surface area contributed by atoms with Gasteiger partial charge in [-0.25, -0.2) is 0 Å². The molecule has 0 heterocycles. The highest BCUT2D eigenvalue weighted by Gasteiger charge is 2.15. The summed E-state index contributed by atoms with van der Waals surface area (Å²) in [4.78, 5) is 11.6.